The van der Waals surface area contributed by atoms with Crippen molar-refractivity contribution in [2.24, 2.45) is 0 Å². The number of nitrogens with zero attached hydrogens (tertiary/aromatic N) is 3. The summed E-state index contributed by atoms with van der Waals surface area (Å²) in [5.74, 6) is 0.779. The number of aryl methyl sites for hydroxylation is 3. The first kappa shape index (κ1) is 26.1. The second kappa shape index (κ2) is 11.7. The number of hydrogen-bond acceptors (Lipinski definition) is 8. The van der Waals surface area contributed by atoms with Gasteiger partial charge in [0.25, 0.3) is 0 Å². The molecule has 0 aliphatic heterocycles. The fourth-order valence-corrected chi connectivity index (χ4v) is 5.18. The highest BCUT2D eigenvalue weighted by atomic mass is 35.5. The minimum Gasteiger partial charge on any atom is -0.486 e. The maximum absolute atomic E-state index is 12.6. The van der Waals surface area contributed by atoms with Crippen molar-refractivity contribution in [3.8, 4) is 5.75 Å². The molecule has 182 valence electrons. The molecule has 0 fully saturated rings. The predicted molar refractivity (Wildman–Crippen MR) is 135 cm³/mol. The molecule has 3 rings (SSSR count). The molecule has 0 atom stereocenters. The van der Waals surface area contributed by atoms with Crippen LogP contribution in [-0.4, -0.2) is 39.5 Å². The van der Waals surface area contributed by atoms with Crippen molar-refractivity contribution in [1.29, 1.82) is 0 Å². The van der Waals surface area contributed by atoms with Crippen LogP contribution in [0.15, 0.2) is 23.4 Å². The van der Waals surface area contributed by atoms with E-state index in [2.05, 4.69) is 15.5 Å². The maximum Gasteiger partial charge on any atom is 0.340 e. The quantitative estimate of drug-likeness (QED) is 0.285. The van der Waals surface area contributed by atoms with Crippen LogP contribution in [0.5, 0.6) is 5.75 Å². The average molecular weight is 523 g/mol. The summed E-state index contributed by atoms with van der Waals surface area (Å²) in [7, 11) is 1.32. The van der Waals surface area contributed by atoms with Crippen molar-refractivity contribution in [1.82, 2.24) is 14.8 Å². The molecule has 3 aromatic rings. The summed E-state index contributed by atoms with van der Waals surface area (Å²) < 4.78 is 12.6. The van der Waals surface area contributed by atoms with Gasteiger partial charge in [-0.25, -0.2) is 4.79 Å². The van der Waals surface area contributed by atoms with E-state index in [4.69, 9.17) is 21.1 Å². The van der Waals surface area contributed by atoms with E-state index < -0.39 is 5.97 Å². The summed E-state index contributed by atoms with van der Waals surface area (Å²) in [4.78, 5) is 25.6. The number of methoxy groups -OCH3 is 1. The average Bonchev–Trinajstić information content (AvgIpc) is 3.42. The number of aromatic nitrogens is 3. The van der Waals surface area contributed by atoms with E-state index in [1.165, 1.54) is 30.2 Å². The Labute approximate surface area is 212 Å². The minimum atomic E-state index is -0.472. The monoisotopic (exact) mass is 522 g/mol. The number of carbonyl (C=O) groups excluding carboxylic acids is 2. The SMILES string of the molecule is CCc1cc(C(=O)OC)c(NC(=O)CSc2nnc(COc3cc(C)c(Cl)c(C)c3)n2CC)s1. The molecule has 1 N–H and O–H groups in total. The number of anilines is 1. The molecule has 2 aromatic heterocycles. The van der Waals surface area contributed by atoms with E-state index in [1.54, 1.807) is 6.07 Å². The van der Waals surface area contributed by atoms with Crippen molar-refractivity contribution in [3.05, 3.63) is 50.6 Å². The molecule has 0 saturated heterocycles. The standard InChI is InChI=1S/C23H27ClN4O4S2/c1-6-16-10-17(22(30)31-5)21(34-16)25-19(29)12-33-23-27-26-18(28(23)7-2)11-32-15-8-13(3)20(24)14(4)9-15/h8-10H,6-7,11-12H2,1-5H3,(H,25,29). The first-order chi connectivity index (χ1) is 16.3. The van der Waals surface area contributed by atoms with Gasteiger partial charge >= 0.3 is 5.97 Å². The Morgan fingerprint density at radius 1 is 1.18 bits per heavy atom. The normalized spacial score (nSPS) is 10.9. The second-order valence-corrected chi connectivity index (χ2v) is 9.90. The summed E-state index contributed by atoms with van der Waals surface area (Å²) in [5.41, 5.74) is 2.26. The van der Waals surface area contributed by atoms with Crippen LogP contribution in [-0.2, 0) is 29.1 Å². The zero-order valence-corrected chi connectivity index (χ0v) is 22.1. The van der Waals surface area contributed by atoms with Crippen LogP contribution in [0.25, 0.3) is 0 Å². The number of esters is 1. The summed E-state index contributed by atoms with van der Waals surface area (Å²) in [5, 5.41) is 13.1. The number of hydrogen-bond donors (Lipinski definition) is 1. The van der Waals surface area contributed by atoms with Gasteiger partial charge in [0.2, 0.25) is 5.91 Å². The molecule has 34 heavy (non-hydrogen) atoms. The van der Waals surface area contributed by atoms with Crippen molar-refractivity contribution in [2.45, 2.75) is 52.4 Å². The van der Waals surface area contributed by atoms with Crippen LogP contribution in [0.2, 0.25) is 5.02 Å². The number of benzene rings is 1. The first-order valence-corrected chi connectivity index (χ1v) is 12.9. The maximum atomic E-state index is 12.6. The van der Waals surface area contributed by atoms with Crippen LogP contribution in [0.3, 0.4) is 0 Å². The number of amides is 1. The molecule has 1 aromatic carbocycles. The van der Waals surface area contributed by atoms with Crippen LogP contribution in [0.4, 0.5) is 5.00 Å². The molecule has 8 nitrogen and oxygen atoms in total. The van der Waals surface area contributed by atoms with Gasteiger partial charge in [-0.2, -0.15) is 0 Å². The molecule has 0 bridgehead atoms. The number of nitrogens with one attached hydrogen (secondary N) is 1. The third-order valence-electron chi connectivity index (χ3n) is 5.01. The van der Waals surface area contributed by atoms with Crippen molar-refractivity contribution in [2.75, 3.05) is 18.2 Å². The van der Waals surface area contributed by atoms with E-state index in [0.29, 0.717) is 33.8 Å². The van der Waals surface area contributed by atoms with E-state index >= 15 is 0 Å². The van der Waals surface area contributed by atoms with Gasteiger partial charge in [-0.3, -0.25) is 4.79 Å². The number of ether oxygens (including phenoxy) is 2. The molecular weight excluding hydrogens is 496 g/mol. The molecule has 11 heteroatoms. The Kier molecular flexibility index (Phi) is 8.98. The predicted octanol–water partition coefficient (Wildman–Crippen LogP) is 5.29. The second-order valence-electron chi connectivity index (χ2n) is 7.44. The summed E-state index contributed by atoms with van der Waals surface area (Å²) in [6.45, 7) is 8.71. The number of halogens is 1. The summed E-state index contributed by atoms with van der Waals surface area (Å²) >= 11 is 8.88. The molecule has 2 heterocycles. The lowest BCUT2D eigenvalue weighted by Gasteiger charge is -2.11. The fraction of sp³-hybridized carbons (Fsp3) is 0.391. The molecule has 0 aliphatic carbocycles. The lowest BCUT2D eigenvalue weighted by atomic mass is 10.1. The molecule has 0 saturated carbocycles. The van der Waals surface area contributed by atoms with E-state index in [-0.39, 0.29) is 18.3 Å². The van der Waals surface area contributed by atoms with Gasteiger partial charge in [0.05, 0.1) is 18.4 Å². The Bertz CT molecular complexity index is 1170. The lowest BCUT2D eigenvalue weighted by Crippen LogP contribution is -2.16. The van der Waals surface area contributed by atoms with Crippen LogP contribution < -0.4 is 10.1 Å². The lowest BCUT2D eigenvalue weighted by molar-refractivity contribution is -0.113. The van der Waals surface area contributed by atoms with Crippen molar-refractivity contribution in [3.63, 3.8) is 0 Å². The number of rotatable bonds is 10. The zero-order valence-electron chi connectivity index (χ0n) is 19.7. The first-order valence-electron chi connectivity index (χ1n) is 10.7. The van der Waals surface area contributed by atoms with Gasteiger partial charge in [0.1, 0.15) is 17.4 Å². The van der Waals surface area contributed by atoms with Gasteiger partial charge in [0.15, 0.2) is 11.0 Å². The molecule has 1 amide bonds. The van der Waals surface area contributed by atoms with Crippen LogP contribution in [0.1, 0.15) is 46.0 Å². The Morgan fingerprint density at radius 2 is 1.88 bits per heavy atom. The van der Waals surface area contributed by atoms with Crippen molar-refractivity contribution >= 4 is 51.6 Å². The molecule has 0 aliphatic rings. The van der Waals surface area contributed by atoms with Gasteiger partial charge in [-0.05, 0) is 56.5 Å². The number of thiophene rings is 1. The zero-order chi connectivity index (χ0) is 24.8. The Balaban J connectivity index is 1.63. The highest BCUT2D eigenvalue weighted by Gasteiger charge is 2.19. The van der Waals surface area contributed by atoms with E-state index in [0.717, 1.165) is 27.4 Å². The van der Waals surface area contributed by atoms with E-state index in [9.17, 15) is 9.59 Å². The minimum absolute atomic E-state index is 0.120. The number of thioether (sulfide) groups is 1. The third-order valence-corrected chi connectivity index (χ3v) is 7.77. The van der Waals surface area contributed by atoms with Gasteiger partial charge < -0.3 is 19.4 Å². The molecule has 0 spiro atoms. The fourth-order valence-electron chi connectivity index (χ4n) is 3.25. The largest absolute Gasteiger partial charge is 0.486 e. The smallest absolute Gasteiger partial charge is 0.340 e. The third kappa shape index (κ3) is 6.11. The summed E-state index contributed by atoms with van der Waals surface area (Å²) in [6.07, 6.45) is 0.763. The Hall–Kier alpha value is -2.56. The summed E-state index contributed by atoms with van der Waals surface area (Å²) in [6, 6.07) is 5.53. The van der Waals surface area contributed by atoms with Gasteiger partial charge in [-0.15, -0.1) is 21.5 Å². The highest BCUT2D eigenvalue weighted by Crippen LogP contribution is 2.30. The van der Waals surface area contributed by atoms with Crippen LogP contribution in [0, 0.1) is 13.8 Å². The van der Waals surface area contributed by atoms with Gasteiger partial charge in [0, 0.05) is 16.4 Å². The number of carbonyl (C=O) groups is 2. The topological polar surface area (TPSA) is 95.3 Å². The highest BCUT2D eigenvalue weighted by molar-refractivity contribution is 7.99. The Morgan fingerprint density at radius 3 is 2.50 bits per heavy atom. The van der Waals surface area contributed by atoms with Crippen LogP contribution >= 0.6 is 34.7 Å². The van der Waals surface area contributed by atoms with E-state index in [1.807, 2.05) is 44.4 Å². The van der Waals surface area contributed by atoms with Gasteiger partial charge in [-0.1, -0.05) is 30.3 Å². The van der Waals surface area contributed by atoms with Crippen molar-refractivity contribution < 1.29 is 19.1 Å². The molecule has 0 radical (unpaired) electrons. The molecular formula is C23H27ClN4O4S2. The molecule has 0 unspecified atom stereocenters.